The Kier molecular flexibility index (Phi) is 3.89. The first kappa shape index (κ1) is 12.7. The summed E-state index contributed by atoms with van der Waals surface area (Å²) in [6.45, 7) is 5.50. The number of anilines is 1. The van der Waals surface area contributed by atoms with Crippen molar-refractivity contribution in [3.8, 4) is 0 Å². The second-order valence-corrected chi connectivity index (χ2v) is 5.39. The number of nitrogens with zero attached hydrogens (tertiary/aromatic N) is 2. The number of aliphatic hydroxyl groups is 1. The van der Waals surface area contributed by atoms with Crippen LogP contribution in [0.2, 0.25) is 5.02 Å². The van der Waals surface area contributed by atoms with E-state index in [1.54, 1.807) is 12.3 Å². The smallest absolute Gasteiger partial charge is 0.147 e. The van der Waals surface area contributed by atoms with Gasteiger partial charge in [-0.25, -0.2) is 4.98 Å². The average molecular weight is 255 g/mol. The fourth-order valence-electron chi connectivity index (χ4n) is 2.49. The molecule has 2 unspecified atom stereocenters. The zero-order valence-electron chi connectivity index (χ0n) is 10.4. The fourth-order valence-corrected chi connectivity index (χ4v) is 2.79. The second-order valence-electron chi connectivity index (χ2n) is 4.98. The van der Waals surface area contributed by atoms with E-state index in [9.17, 15) is 0 Å². The molecule has 1 aliphatic heterocycles. The highest BCUT2D eigenvalue weighted by Crippen LogP contribution is 2.31. The maximum atomic E-state index is 9.04. The van der Waals surface area contributed by atoms with Gasteiger partial charge < -0.3 is 10.0 Å². The minimum atomic E-state index is -0.0143. The van der Waals surface area contributed by atoms with Crippen LogP contribution in [0, 0.1) is 5.92 Å². The molecular weight excluding hydrogens is 236 g/mol. The van der Waals surface area contributed by atoms with Crippen molar-refractivity contribution in [3.63, 3.8) is 0 Å². The van der Waals surface area contributed by atoms with Crippen LogP contribution in [0.15, 0.2) is 12.3 Å². The minimum Gasteiger partial charge on any atom is -0.392 e. The lowest BCUT2D eigenvalue weighted by Gasteiger charge is -2.37. The molecule has 0 saturated carbocycles. The van der Waals surface area contributed by atoms with Gasteiger partial charge in [-0.3, -0.25) is 0 Å². The van der Waals surface area contributed by atoms with Crippen LogP contribution in [0.3, 0.4) is 0 Å². The number of rotatable bonds is 2. The zero-order chi connectivity index (χ0) is 12.4. The molecule has 1 aromatic rings. The molecule has 17 heavy (non-hydrogen) atoms. The summed E-state index contributed by atoms with van der Waals surface area (Å²) in [5, 5.41) is 9.67. The van der Waals surface area contributed by atoms with Gasteiger partial charge in [-0.05, 0) is 37.3 Å². The summed E-state index contributed by atoms with van der Waals surface area (Å²) in [4.78, 5) is 6.65. The van der Waals surface area contributed by atoms with Gasteiger partial charge in [-0.15, -0.1) is 0 Å². The molecule has 0 radical (unpaired) electrons. The molecule has 1 fully saturated rings. The number of piperidine rings is 1. The summed E-state index contributed by atoms with van der Waals surface area (Å²) in [5.41, 5.74) is 0.761. The van der Waals surface area contributed by atoms with Crippen molar-refractivity contribution in [3.05, 3.63) is 22.8 Å². The van der Waals surface area contributed by atoms with Crippen LogP contribution in [0.1, 0.15) is 32.3 Å². The predicted octanol–water partition coefficient (Wildman–Crippen LogP) is 2.85. The summed E-state index contributed by atoms with van der Waals surface area (Å²) in [6, 6.07) is 2.28. The standard InChI is InChI=1S/C13H19ClN2O/c1-9-3-4-16(10(2)5-9)13-12(14)6-11(8-17)7-15-13/h6-7,9-10,17H,3-5,8H2,1-2H3. The van der Waals surface area contributed by atoms with Crippen molar-refractivity contribution in [2.45, 2.75) is 39.3 Å². The number of hydrogen-bond acceptors (Lipinski definition) is 3. The molecule has 2 rings (SSSR count). The number of aliphatic hydroxyl groups excluding tert-OH is 1. The van der Waals surface area contributed by atoms with Crippen LogP contribution in [0.5, 0.6) is 0 Å². The second kappa shape index (κ2) is 5.23. The van der Waals surface area contributed by atoms with Gasteiger partial charge in [0.15, 0.2) is 0 Å². The molecule has 94 valence electrons. The predicted molar refractivity (Wildman–Crippen MR) is 70.4 cm³/mol. The lowest BCUT2D eigenvalue weighted by molar-refractivity contribution is 0.281. The molecule has 0 spiro atoms. The fraction of sp³-hybridized carbons (Fsp3) is 0.615. The summed E-state index contributed by atoms with van der Waals surface area (Å²) in [7, 11) is 0. The van der Waals surface area contributed by atoms with E-state index >= 15 is 0 Å². The summed E-state index contributed by atoms with van der Waals surface area (Å²) in [6.07, 6.45) is 4.07. The Balaban J connectivity index is 2.22. The van der Waals surface area contributed by atoms with Gasteiger partial charge in [-0.2, -0.15) is 0 Å². The Labute approximate surface area is 107 Å². The molecule has 0 aliphatic carbocycles. The molecule has 2 atom stereocenters. The molecule has 1 aromatic heterocycles. The summed E-state index contributed by atoms with van der Waals surface area (Å²) >= 11 is 6.23. The lowest BCUT2D eigenvalue weighted by Crippen LogP contribution is -2.40. The van der Waals surface area contributed by atoms with Crippen LogP contribution in [-0.2, 0) is 6.61 Å². The molecule has 4 heteroatoms. The van der Waals surface area contributed by atoms with Crippen LogP contribution in [0.25, 0.3) is 0 Å². The number of hydrogen-bond donors (Lipinski definition) is 1. The number of pyridine rings is 1. The van der Waals surface area contributed by atoms with Crippen molar-refractivity contribution in [1.82, 2.24) is 4.98 Å². The molecule has 1 saturated heterocycles. The van der Waals surface area contributed by atoms with Crippen LogP contribution in [-0.4, -0.2) is 22.7 Å². The van der Waals surface area contributed by atoms with Gasteiger partial charge >= 0.3 is 0 Å². The molecule has 0 aromatic carbocycles. The van der Waals surface area contributed by atoms with E-state index in [4.69, 9.17) is 16.7 Å². The van der Waals surface area contributed by atoms with Crippen molar-refractivity contribution in [2.24, 2.45) is 5.92 Å². The van der Waals surface area contributed by atoms with E-state index in [0.29, 0.717) is 11.1 Å². The first-order valence-corrected chi connectivity index (χ1v) is 6.51. The monoisotopic (exact) mass is 254 g/mol. The normalized spacial score (nSPS) is 25.1. The molecule has 1 aliphatic rings. The van der Waals surface area contributed by atoms with Crippen LogP contribution >= 0.6 is 11.6 Å². The Hall–Kier alpha value is -0.800. The Morgan fingerprint density at radius 3 is 2.88 bits per heavy atom. The average Bonchev–Trinajstić information content (AvgIpc) is 2.30. The highest BCUT2D eigenvalue weighted by atomic mass is 35.5. The highest BCUT2D eigenvalue weighted by molar-refractivity contribution is 6.33. The van der Waals surface area contributed by atoms with E-state index in [2.05, 4.69) is 23.7 Å². The third-order valence-corrected chi connectivity index (χ3v) is 3.75. The molecule has 0 amide bonds. The van der Waals surface area contributed by atoms with Crippen molar-refractivity contribution < 1.29 is 5.11 Å². The maximum Gasteiger partial charge on any atom is 0.147 e. The molecule has 2 heterocycles. The Morgan fingerprint density at radius 2 is 2.29 bits per heavy atom. The number of halogens is 1. The highest BCUT2D eigenvalue weighted by Gasteiger charge is 2.25. The van der Waals surface area contributed by atoms with Gasteiger partial charge in [0.2, 0.25) is 0 Å². The van der Waals surface area contributed by atoms with Crippen LogP contribution in [0.4, 0.5) is 5.82 Å². The SMILES string of the molecule is CC1CCN(c2ncc(CO)cc2Cl)C(C)C1. The van der Waals surface area contributed by atoms with E-state index in [1.165, 1.54) is 12.8 Å². The van der Waals surface area contributed by atoms with E-state index in [1.807, 2.05) is 0 Å². The topological polar surface area (TPSA) is 36.4 Å². The van der Waals surface area contributed by atoms with Crippen molar-refractivity contribution in [1.29, 1.82) is 0 Å². The van der Waals surface area contributed by atoms with E-state index < -0.39 is 0 Å². The summed E-state index contributed by atoms with van der Waals surface area (Å²) in [5.74, 6) is 1.63. The molecule has 0 bridgehead atoms. The largest absolute Gasteiger partial charge is 0.392 e. The molecule has 3 nitrogen and oxygen atoms in total. The first-order chi connectivity index (χ1) is 8.11. The van der Waals surface area contributed by atoms with Gasteiger partial charge in [0, 0.05) is 18.8 Å². The van der Waals surface area contributed by atoms with Gasteiger partial charge in [0.05, 0.1) is 11.6 Å². The van der Waals surface area contributed by atoms with Gasteiger partial charge in [-0.1, -0.05) is 18.5 Å². The quantitative estimate of drug-likeness (QED) is 0.882. The maximum absolute atomic E-state index is 9.04. The first-order valence-electron chi connectivity index (χ1n) is 6.13. The van der Waals surface area contributed by atoms with E-state index in [0.717, 1.165) is 23.8 Å². The Bertz CT molecular complexity index is 397. The van der Waals surface area contributed by atoms with Gasteiger partial charge in [0.1, 0.15) is 5.82 Å². The summed E-state index contributed by atoms with van der Waals surface area (Å²) < 4.78 is 0. The minimum absolute atomic E-state index is 0.0143. The third kappa shape index (κ3) is 2.72. The molecule has 1 N–H and O–H groups in total. The lowest BCUT2D eigenvalue weighted by atomic mass is 9.93. The third-order valence-electron chi connectivity index (χ3n) is 3.47. The zero-order valence-corrected chi connectivity index (χ0v) is 11.1. The van der Waals surface area contributed by atoms with Gasteiger partial charge in [0.25, 0.3) is 0 Å². The molecular formula is C13H19ClN2O. The Morgan fingerprint density at radius 1 is 1.53 bits per heavy atom. The van der Waals surface area contributed by atoms with Crippen LogP contribution < -0.4 is 4.90 Å². The van der Waals surface area contributed by atoms with Crippen molar-refractivity contribution in [2.75, 3.05) is 11.4 Å². The number of aromatic nitrogens is 1. The van der Waals surface area contributed by atoms with Crippen molar-refractivity contribution >= 4 is 17.4 Å². The van der Waals surface area contributed by atoms with E-state index in [-0.39, 0.29) is 6.61 Å².